The molecule has 1 aromatic heterocycles. The molecule has 1 fully saturated rings. The molecule has 1 aliphatic rings. The van der Waals surface area contributed by atoms with Gasteiger partial charge in [-0.1, -0.05) is 25.1 Å². The molecule has 1 aromatic carbocycles. The number of guanidine groups is 1. The Hall–Kier alpha value is -2.54. The molecule has 0 atom stereocenters. The van der Waals surface area contributed by atoms with E-state index in [2.05, 4.69) is 68.2 Å². The first-order valence-electron chi connectivity index (χ1n) is 11.2. The van der Waals surface area contributed by atoms with Crippen LogP contribution in [0, 0.1) is 0 Å². The van der Waals surface area contributed by atoms with Crippen LogP contribution in [0.15, 0.2) is 35.5 Å². The van der Waals surface area contributed by atoms with E-state index < -0.39 is 0 Å². The molecule has 0 bridgehead atoms. The second-order valence-corrected chi connectivity index (χ2v) is 8.01. The summed E-state index contributed by atoms with van der Waals surface area (Å²) >= 11 is 0. The highest BCUT2D eigenvalue weighted by Gasteiger charge is 2.21. The van der Waals surface area contributed by atoms with E-state index in [0.717, 1.165) is 64.2 Å². The maximum absolute atomic E-state index is 11.9. The Morgan fingerprint density at radius 3 is 2.77 bits per heavy atom. The van der Waals surface area contributed by atoms with E-state index in [1.807, 2.05) is 7.05 Å². The first-order chi connectivity index (χ1) is 14.7. The summed E-state index contributed by atoms with van der Waals surface area (Å²) in [7, 11) is 1.82. The first kappa shape index (κ1) is 22.2. The number of likely N-dealkylation sites (tertiary alicyclic amines) is 1. The van der Waals surface area contributed by atoms with Gasteiger partial charge in [0.1, 0.15) is 0 Å². The fourth-order valence-corrected chi connectivity index (χ4v) is 3.97. The number of hydrogen-bond acceptors (Lipinski definition) is 3. The smallest absolute Gasteiger partial charge is 0.234 e. The summed E-state index contributed by atoms with van der Waals surface area (Å²) in [6.45, 7) is 6.10. The van der Waals surface area contributed by atoms with E-state index in [4.69, 9.17) is 0 Å². The number of aliphatic imine (C=N–C) groups is 1. The van der Waals surface area contributed by atoms with Crippen LogP contribution in [0.25, 0.3) is 10.9 Å². The average molecular weight is 413 g/mol. The Bertz CT molecular complexity index is 822. The van der Waals surface area contributed by atoms with Crippen molar-refractivity contribution in [3.05, 3.63) is 36.0 Å². The van der Waals surface area contributed by atoms with Crippen LogP contribution >= 0.6 is 0 Å². The van der Waals surface area contributed by atoms with Gasteiger partial charge in [0.25, 0.3) is 0 Å². The van der Waals surface area contributed by atoms with Crippen molar-refractivity contribution in [2.75, 3.05) is 39.8 Å². The lowest BCUT2D eigenvalue weighted by Crippen LogP contribution is -2.50. The number of amides is 1. The maximum Gasteiger partial charge on any atom is 0.234 e. The molecule has 164 valence electrons. The minimum Gasteiger partial charge on any atom is -0.361 e. The minimum absolute atomic E-state index is 0.135. The summed E-state index contributed by atoms with van der Waals surface area (Å²) in [4.78, 5) is 21.8. The van der Waals surface area contributed by atoms with E-state index in [1.165, 1.54) is 16.5 Å². The summed E-state index contributed by atoms with van der Waals surface area (Å²) in [6.07, 6.45) is 7.23. The molecule has 2 aromatic rings. The van der Waals surface area contributed by atoms with Crippen LogP contribution in [0.1, 0.15) is 38.2 Å². The van der Waals surface area contributed by atoms with Gasteiger partial charge in [-0.25, -0.2) is 0 Å². The number of nitrogens with one attached hydrogen (secondary N) is 4. The minimum atomic E-state index is 0.135. The van der Waals surface area contributed by atoms with Gasteiger partial charge >= 0.3 is 0 Å². The quantitative estimate of drug-likeness (QED) is 0.289. The van der Waals surface area contributed by atoms with Gasteiger partial charge in [-0.05, 0) is 43.7 Å². The molecule has 7 heteroatoms. The third-order valence-electron chi connectivity index (χ3n) is 5.68. The number of benzene rings is 1. The summed E-state index contributed by atoms with van der Waals surface area (Å²) in [5.41, 5.74) is 2.57. The second kappa shape index (κ2) is 11.6. The van der Waals surface area contributed by atoms with Gasteiger partial charge in [-0.3, -0.25) is 14.7 Å². The molecular weight excluding hydrogens is 376 g/mol. The van der Waals surface area contributed by atoms with Crippen molar-refractivity contribution in [1.82, 2.24) is 25.8 Å². The molecule has 1 amide bonds. The van der Waals surface area contributed by atoms with Crippen molar-refractivity contribution < 1.29 is 4.79 Å². The first-order valence-corrected chi connectivity index (χ1v) is 11.2. The highest BCUT2D eigenvalue weighted by Crippen LogP contribution is 2.18. The van der Waals surface area contributed by atoms with Crippen LogP contribution in [0.4, 0.5) is 0 Å². The summed E-state index contributed by atoms with van der Waals surface area (Å²) in [5, 5.41) is 11.3. The number of para-hydroxylation sites is 1. The SMILES string of the molecule is CCCNC(=O)CN1CCC(NC(=NC)NCCCc2c[nH]c3ccccc23)CC1. The van der Waals surface area contributed by atoms with Gasteiger partial charge in [0.2, 0.25) is 5.91 Å². The van der Waals surface area contributed by atoms with Crippen LogP contribution < -0.4 is 16.0 Å². The number of piperidine rings is 1. The van der Waals surface area contributed by atoms with Crippen molar-refractivity contribution >= 4 is 22.8 Å². The molecule has 7 nitrogen and oxygen atoms in total. The van der Waals surface area contributed by atoms with Gasteiger partial charge < -0.3 is 20.9 Å². The van der Waals surface area contributed by atoms with Gasteiger partial charge in [-0.2, -0.15) is 0 Å². The van der Waals surface area contributed by atoms with Gasteiger partial charge in [0, 0.05) is 56.4 Å². The van der Waals surface area contributed by atoms with Crippen molar-refractivity contribution in [3.8, 4) is 0 Å². The second-order valence-electron chi connectivity index (χ2n) is 8.01. The zero-order chi connectivity index (χ0) is 21.2. The lowest BCUT2D eigenvalue weighted by Gasteiger charge is -2.32. The lowest BCUT2D eigenvalue weighted by atomic mass is 10.1. The van der Waals surface area contributed by atoms with Gasteiger partial charge in [-0.15, -0.1) is 0 Å². The van der Waals surface area contributed by atoms with Crippen molar-refractivity contribution in [2.24, 2.45) is 4.99 Å². The molecule has 0 aliphatic carbocycles. The van der Waals surface area contributed by atoms with E-state index in [1.54, 1.807) is 0 Å². The molecular formula is C23H36N6O. The zero-order valence-electron chi connectivity index (χ0n) is 18.3. The van der Waals surface area contributed by atoms with Gasteiger partial charge in [0.05, 0.1) is 6.54 Å². The molecule has 1 saturated heterocycles. The largest absolute Gasteiger partial charge is 0.361 e. The third-order valence-corrected chi connectivity index (χ3v) is 5.68. The van der Waals surface area contributed by atoms with Crippen LogP contribution in [0.5, 0.6) is 0 Å². The number of rotatable bonds is 9. The number of aryl methyl sites for hydroxylation is 1. The molecule has 1 aliphatic heterocycles. The van der Waals surface area contributed by atoms with Crippen LogP contribution in [-0.4, -0.2) is 67.6 Å². The topological polar surface area (TPSA) is 84.6 Å². The number of carbonyl (C=O) groups excluding carboxylic acids is 1. The Labute approximate surface area is 179 Å². The molecule has 0 spiro atoms. The van der Waals surface area contributed by atoms with E-state index >= 15 is 0 Å². The lowest BCUT2D eigenvalue weighted by molar-refractivity contribution is -0.122. The number of carbonyl (C=O) groups is 1. The molecule has 0 radical (unpaired) electrons. The monoisotopic (exact) mass is 412 g/mol. The number of aromatic amines is 1. The van der Waals surface area contributed by atoms with E-state index in [-0.39, 0.29) is 5.91 Å². The fraction of sp³-hybridized carbons (Fsp3) is 0.565. The molecule has 2 heterocycles. The van der Waals surface area contributed by atoms with Crippen molar-refractivity contribution in [3.63, 3.8) is 0 Å². The molecule has 0 unspecified atom stereocenters. The number of H-pyrrole nitrogens is 1. The predicted octanol–water partition coefficient (Wildman–Crippen LogP) is 2.26. The average Bonchev–Trinajstić information content (AvgIpc) is 3.18. The number of aromatic nitrogens is 1. The highest BCUT2D eigenvalue weighted by atomic mass is 16.2. The molecule has 3 rings (SSSR count). The van der Waals surface area contributed by atoms with Crippen molar-refractivity contribution in [2.45, 2.75) is 45.1 Å². The van der Waals surface area contributed by atoms with E-state index in [0.29, 0.717) is 12.6 Å². The normalized spacial score (nSPS) is 16.0. The van der Waals surface area contributed by atoms with Crippen LogP contribution in [0.2, 0.25) is 0 Å². The Balaban J connectivity index is 1.34. The zero-order valence-corrected chi connectivity index (χ0v) is 18.3. The Kier molecular flexibility index (Phi) is 8.56. The molecule has 4 N–H and O–H groups in total. The summed E-state index contributed by atoms with van der Waals surface area (Å²) in [5.74, 6) is 1.00. The maximum atomic E-state index is 11.9. The van der Waals surface area contributed by atoms with E-state index in [9.17, 15) is 4.79 Å². The van der Waals surface area contributed by atoms with Crippen molar-refractivity contribution in [1.29, 1.82) is 0 Å². The predicted molar refractivity (Wildman–Crippen MR) is 124 cm³/mol. The summed E-state index contributed by atoms with van der Waals surface area (Å²) < 4.78 is 0. The summed E-state index contributed by atoms with van der Waals surface area (Å²) in [6, 6.07) is 8.85. The van der Waals surface area contributed by atoms with Crippen LogP contribution in [0.3, 0.4) is 0 Å². The standard InChI is InChI=1S/C23H36N6O/c1-3-12-25-22(30)17-29-14-10-19(11-15-29)28-23(24-2)26-13-6-7-18-16-27-21-9-5-4-8-20(18)21/h4-5,8-9,16,19,27H,3,6-7,10-15,17H2,1-2H3,(H,25,30)(H2,24,26,28). The van der Waals surface area contributed by atoms with Gasteiger partial charge in [0.15, 0.2) is 5.96 Å². The Morgan fingerprint density at radius 2 is 2.00 bits per heavy atom. The number of hydrogen-bond donors (Lipinski definition) is 4. The molecule has 0 saturated carbocycles. The van der Waals surface area contributed by atoms with Crippen LogP contribution in [-0.2, 0) is 11.2 Å². The fourth-order valence-electron chi connectivity index (χ4n) is 3.97. The number of nitrogens with zero attached hydrogens (tertiary/aromatic N) is 2. The Morgan fingerprint density at radius 1 is 1.20 bits per heavy atom. The number of fused-ring (bicyclic) bond motifs is 1. The molecule has 30 heavy (non-hydrogen) atoms. The third kappa shape index (κ3) is 6.49. The highest BCUT2D eigenvalue weighted by molar-refractivity contribution is 5.83.